The van der Waals surface area contributed by atoms with Crippen LogP contribution in [0.3, 0.4) is 0 Å². The predicted molar refractivity (Wildman–Crippen MR) is 93.2 cm³/mol. The fraction of sp³-hybridized carbons (Fsp3) is 0.750. The lowest BCUT2D eigenvalue weighted by molar-refractivity contribution is 0.290. The van der Waals surface area contributed by atoms with Crippen molar-refractivity contribution in [3.05, 3.63) is 25.6 Å². The molecule has 21 heavy (non-hydrogen) atoms. The van der Waals surface area contributed by atoms with Gasteiger partial charge in [-0.05, 0) is 36.7 Å². The zero-order valence-corrected chi connectivity index (χ0v) is 14.1. The topological polar surface area (TPSA) is 13.0 Å². The summed E-state index contributed by atoms with van der Waals surface area (Å²) in [6.07, 6.45) is 6.54. The van der Waals surface area contributed by atoms with E-state index in [0.717, 1.165) is 26.4 Å². The largest absolute Gasteiger partial charge is 0.364 e. The van der Waals surface area contributed by atoms with Gasteiger partial charge in [0.25, 0.3) is 0 Å². The molecule has 2 fully saturated rings. The molecule has 0 radical (unpaired) electrons. The molecule has 120 valence electrons. The molecular weight excluding hydrogens is 280 g/mol. The van der Waals surface area contributed by atoms with Crippen molar-refractivity contribution in [3.63, 3.8) is 0 Å². The molecule has 0 aliphatic carbocycles. The number of thioether (sulfide) groups is 1. The quantitative estimate of drug-likeness (QED) is 0.570. The highest BCUT2D eigenvalue weighted by Gasteiger charge is 2.16. The maximum absolute atomic E-state index is 3.83. The molecule has 0 saturated carbocycles. The lowest BCUT2D eigenvalue weighted by atomic mass is 10.4. The Labute approximate surface area is 134 Å². The van der Waals surface area contributed by atoms with Crippen LogP contribution in [0, 0.1) is 0 Å². The van der Waals surface area contributed by atoms with Crippen LogP contribution in [0.25, 0.3) is 0 Å². The van der Waals surface area contributed by atoms with Crippen molar-refractivity contribution in [2.45, 2.75) is 12.8 Å². The number of hydrogen-bond acceptors (Lipinski definition) is 5. The van der Waals surface area contributed by atoms with Crippen molar-refractivity contribution >= 4 is 11.8 Å². The lowest BCUT2D eigenvalue weighted by Gasteiger charge is -2.16. The normalized spacial score (nSPS) is 20.4. The van der Waals surface area contributed by atoms with Gasteiger partial charge in [0.05, 0.1) is 13.3 Å². The van der Waals surface area contributed by atoms with E-state index in [9.17, 15) is 0 Å². The summed E-state index contributed by atoms with van der Waals surface area (Å²) in [5.74, 6) is 2.59. The molecule has 2 rings (SSSR count). The molecule has 0 unspecified atom stereocenters. The SMILES string of the molecule is C=CN1CCN(CCCSCCCN2CCN(C=C)C2)C1. The van der Waals surface area contributed by atoms with E-state index in [2.05, 4.69) is 44.5 Å². The molecule has 4 nitrogen and oxygen atoms in total. The number of rotatable bonds is 10. The van der Waals surface area contributed by atoms with Crippen LogP contribution in [0.5, 0.6) is 0 Å². The highest BCUT2D eigenvalue weighted by atomic mass is 32.2. The summed E-state index contributed by atoms with van der Waals surface area (Å²) in [4.78, 5) is 9.62. The summed E-state index contributed by atoms with van der Waals surface area (Å²) < 4.78 is 0. The minimum atomic E-state index is 1.07. The zero-order chi connectivity index (χ0) is 14.9. The molecule has 0 spiro atoms. The molecule has 0 aromatic carbocycles. The van der Waals surface area contributed by atoms with Crippen LogP contribution >= 0.6 is 11.8 Å². The van der Waals surface area contributed by atoms with Crippen molar-refractivity contribution in [1.29, 1.82) is 0 Å². The number of hydrogen-bond donors (Lipinski definition) is 0. The molecule has 0 atom stereocenters. The van der Waals surface area contributed by atoms with Crippen LogP contribution in [0.1, 0.15) is 12.8 Å². The first kappa shape index (κ1) is 16.7. The first-order valence-corrected chi connectivity index (χ1v) is 9.23. The average Bonchev–Trinajstić information content (AvgIpc) is 3.15. The average molecular weight is 311 g/mol. The third-order valence-corrected chi connectivity index (χ3v) is 5.37. The van der Waals surface area contributed by atoms with E-state index >= 15 is 0 Å². The van der Waals surface area contributed by atoms with Gasteiger partial charge in [-0.1, -0.05) is 13.2 Å². The third kappa shape index (κ3) is 5.93. The molecule has 5 heteroatoms. The van der Waals surface area contributed by atoms with E-state index in [1.807, 2.05) is 12.4 Å². The molecule has 0 amide bonds. The highest BCUT2D eigenvalue weighted by molar-refractivity contribution is 7.99. The molecular formula is C16H30N4S. The Bertz CT molecular complexity index is 293. The molecule has 2 saturated heterocycles. The second-order valence-corrected chi connectivity index (χ2v) is 7.05. The standard InChI is InChI=1S/C16H30N4S/c1-3-17-9-11-19(15-17)7-5-13-21-14-6-8-20-12-10-18(4-2)16-20/h3-4H,1-2,5-16H2. The molecule has 0 aromatic rings. The van der Waals surface area contributed by atoms with E-state index < -0.39 is 0 Å². The van der Waals surface area contributed by atoms with Crippen molar-refractivity contribution < 1.29 is 0 Å². The van der Waals surface area contributed by atoms with Crippen LogP contribution in [-0.4, -0.2) is 83.7 Å². The Morgan fingerprint density at radius 2 is 1.24 bits per heavy atom. The van der Waals surface area contributed by atoms with E-state index in [1.54, 1.807) is 0 Å². The summed E-state index contributed by atoms with van der Waals surface area (Å²) in [7, 11) is 0. The Balaban J connectivity index is 1.39. The van der Waals surface area contributed by atoms with Gasteiger partial charge in [-0.15, -0.1) is 0 Å². The van der Waals surface area contributed by atoms with Crippen molar-refractivity contribution in [2.75, 3.05) is 64.1 Å². The van der Waals surface area contributed by atoms with Gasteiger partial charge in [0.15, 0.2) is 0 Å². The first-order valence-electron chi connectivity index (χ1n) is 8.07. The monoisotopic (exact) mass is 310 g/mol. The Hall–Kier alpha value is -0.650. The fourth-order valence-corrected chi connectivity index (χ4v) is 3.75. The smallest absolute Gasteiger partial charge is 0.0702 e. The summed E-state index contributed by atoms with van der Waals surface area (Å²) in [6, 6.07) is 0. The molecule has 0 aromatic heterocycles. The van der Waals surface area contributed by atoms with Crippen molar-refractivity contribution in [1.82, 2.24) is 19.6 Å². The molecule has 2 heterocycles. The minimum absolute atomic E-state index is 1.07. The van der Waals surface area contributed by atoms with Crippen LogP contribution in [0.2, 0.25) is 0 Å². The molecule has 2 aliphatic heterocycles. The Morgan fingerprint density at radius 3 is 1.62 bits per heavy atom. The molecule has 0 N–H and O–H groups in total. The maximum atomic E-state index is 3.83. The summed E-state index contributed by atoms with van der Waals surface area (Å²) >= 11 is 2.11. The Kier molecular flexibility index (Phi) is 7.47. The third-order valence-electron chi connectivity index (χ3n) is 4.21. The Morgan fingerprint density at radius 1 is 0.762 bits per heavy atom. The molecule has 2 aliphatic rings. The van der Waals surface area contributed by atoms with Gasteiger partial charge >= 0.3 is 0 Å². The van der Waals surface area contributed by atoms with Gasteiger partial charge in [0.2, 0.25) is 0 Å². The summed E-state index contributed by atoms with van der Waals surface area (Å²) in [6.45, 7) is 17.0. The van der Waals surface area contributed by atoms with E-state index in [1.165, 1.54) is 50.5 Å². The van der Waals surface area contributed by atoms with Gasteiger partial charge in [-0.2, -0.15) is 11.8 Å². The van der Waals surface area contributed by atoms with Gasteiger partial charge in [-0.3, -0.25) is 9.80 Å². The van der Waals surface area contributed by atoms with Gasteiger partial charge in [0.1, 0.15) is 0 Å². The predicted octanol–water partition coefficient (Wildman–Crippen LogP) is 1.94. The van der Waals surface area contributed by atoms with Crippen LogP contribution in [0.4, 0.5) is 0 Å². The van der Waals surface area contributed by atoms with Crippen LogP contribution < -0.4 is 0 Å². The van der Waals surface area contributed by atoms with Crippen LogP contribution in [-0.2, 0) is 0 Å². The first-order chi connectivity index (χ1) is 10.3. The van der Waals surface area contributed by atoms with Crippen molar-refractivity contribution in [2.24, 2.45) is 0 Å². The van der Waals surface area contributed by atoms with Crippen molar-refractivity contribution in [3.8, 4) is 0 Å². The zero-order valence-electron chi connectivity index (χ0n) is 13.3. The maximum Gasteiger partial charge on any atom is 0.0702 e. The lowest BCUT2D eigenvalue weighted by Crippen LogP contribution is -2.24. The van der Waals surface area contributed by atoms with Crippen LogP contribution in [0.15, 0.2) is 25.6 Å². The summed E-state index contributed by atoms with van der Waals surface area (Å²) in [5.41, 5.74) is 0. The summed E-state index contributed by atoms with van der Waals surface area (Å²) in [5, 5.41) is 0. The second kappa shape index (κ2) is 9.38. The highest BCUT2D eigenvalue weighted by Crippen LogP contribution is 2.11. The number of nitrogens with zero attached hydrogens (tertiary/aromatic N) is 4. The van der Waals surface area contributed by atoms with Gasteiger partial charge in [0, 0.05) is 39.3 Å². The van der Waals surface area contributed by atoms with Gasteiger partial charge in [-0.25, -0.2) is 0 Å². The minimum Gasteiger partial charge on any atom is -0.364 e. The van der Waals surface area contributed by atoms with E-state index in [-0.39, 0.29) is 0 Å². The second-order valence-electron chi connectivity index (χ2n) is 5.83. The van der Waals surface area contributed by atoms with Gasteiger partial charge < -0.3 is 9.80 Å². The van der Waals surface area contributed by atoms with E-state index in [0.29, 0.717) is 0 Å². The van der Waals surface area contributed by atoms with E-state index in [4.69, 9.17) is 0 Å². The molecule has 0 bridgehead atoms. The fourth-order valence-electron chi connectivity index (χ4n) is 2.88.